The number of amides is 3. The Morgan fingerprint density at radius 3 is 2.39 bits per heavy atom. The Hall–Kier alpha value is -3.69. The molecule has 3 rings (SSSR count). The van der Waals surface area contributed by atoms with E-state index in [1.807, 2.05) is 56.3 Å². The first-order valence-electron chi connectivity index (χ1n) is 12.8. The van der Waals surface area contributed by atoms with Crippen LogP contribution in [-0.2, 0) is 14.4 Å². The average molecular weight is 523 g/mol. The number of ether oxygens (including phenoxy) is 1. The van der Waals surface area contributed by atoms with E-state index in [0.29, 0.717) is 17.7 Å². The molecule has 0 aromatic heterocycles. The lowest BCUT2D eigenvalue weighted by Gasteiger charge is -2.33. The van der Waals surface area contributed by atoms with E-state index < -0.39 is 42.1 Å². The van der Waals surface area contributed by atoms with E-state index in [1.165, 1.54) is 13.1 Å². The molecule has 2 aromatic rings. The lowest BCUT2D eigenvalue weighted by Crippen LogP contribution is -2.59. The van der Waals surface area contributed by atoms with Crippen LogP contribution >= 0.6 is 0 Å². The molecule has 204 valence electrons. The molecular formula is C29H38N4O5. The first-order chi connectivity index (χ1) is 18.1. The van der Waals surface area contributed by atoms with Gasteiger partial charge in [0.25, 0.3) is 0 Å². The first-order valence-corrected chi connectivity index (χ1v) is 12.8. The minimum absolute atomic E-state index is 0.114. The summed E-state index contributed by atoms with van der Waals surface area (Å²) in [6, 6.07) is 13.4. The van der Waals surface area contributed by atoms with E-state index in [9.17, 15) is 19.5 Å². The van der Waals surface area contributed by atoms with Crippen LogP contribution in [0.5, 0.6) is 5.75 Å². The Balaban J connectivity index is 2.12. The third-order valence-electron chi connectivity index (χ3n) is 6.26. The number of rotatable bonds is 7. The van der Waals surface area contributed by atoms with Crippen LogP contribution in [0.1, 0.15) is 44.4 Å². The molecule has 1 aliphatic heterocycles. The van der Waals surface area contributed by atoms with E-state index in [4.69, 9.17) is 4.74 Å². The highest BCUT2D eigenvalue weighted by Gasteiger charge is 2.38. The molecule has 1 aliphatic rings. The molecule has 0 aliphatic carbocycles. The first kappa shape index (κ1) is 28.9. The average Bonchev–Trinajstić information content (AvgIpc) is 2.85. The van der Waals surface area contributed by atoms with Gasteiger partial charge < -0.3 is 25.8 Å². The van der Waals surface area contributed by atoms with Gasteiger partial charge in [0.1, 0.15) is 23.9 Å². The zero-order chi connectivity index (χ0) is 27.8. The van der Waals surface area contributed by atoms with Crippen molar-refractivity contribution in [3.05, 3.63) is 71.9 Å². The Morgan fingerprint density at radius 1 is 1.05 bits per heavy atom. The fraction of sp³-hybridized carbons (Fsp3) is 0.414. The molecule has 0 unspecified atom stereocenters. The van der Waals surface area contributed by atoms with E-state index in [-0.39, 0.29) is 11.8 Å². The molecule has 1 heterocycles. The fourth-order valence-corrected chi connectivity index (χ4v) is 4.50. The largest absolute Gasteiger partial charge is 0.483 e. The summed E-state index contributed by atoms with van der Waals surface area (Å²) in [4.78, 5) is 41.9. The number of nitrogens with zero attached hydrogens (tertiary/aromatic N) is 1. The van der Waals surface area contributed by atoms with Crippen molar-refractivity contribution in [2.75, 3.05) is 14.1 Å². The number of fused-ring (bicyclic) bond motifs is 2. The Kier molecular flexibility index (Phi) is 10.0. The minimum atomic E-state index is -1.22. The van der Waals surface area contributed by atoms with Crippen LogP contribution in [0.2, 0.25) is 0 Å². The third-order valence-corrected chi connectivity index (χ3v) is 6.26. The zero-order valence-electron chi connectivity index (χ0n) is 22.5. The standard InChI is InChI=1S/C29H38N4O5/c1-18(2)16-23-27(35)30-15-14-20-10-9-13-22(17-20)38-26(21-11-7-6-8-12-21)24(28(36)31-23)32-29(37)25(19(3)34)33(4)5/h6-15,17-19,23-26,34H,16H2,1-5H3,(H,30,35)(H,31,36)(H,32,37)/t19-,23+,24-,25-,26-/m0/s1. The topological polar surface area (TPSA) is 120 Å². The second kappa shape index (κ2) is 13.2. The fourth-order valence-electron chi connectivity index (χ4n) is 4.50. The van der Waals surface area contributed by atoms with Crippen molar-refractivity contribution in [3.8, 4) is 5.75 Å². The summed E-state index contributed by atoms with van der Waals surface area (Å²) in [6.07, 6.45) is 1.75. The molecular weight excluding hydrogens is 484 g/mol. The van der Waals surface area contributed by atoms with E-state index in [1.54, 1.807) is 37.2 Å². The summed E-state index contributed by atoms with van der Waals surface area (Å²) in [6.45, 7) is 5.43. The van der Waals surface area contributed by atoms with Crippen molar-refractivity contribution >= 4 is 23.8 Å². The maximum atomic E-state index is 13.9. The maximum Gasteiger partial charge on any atom is 0.247 e. The summed E-state index contributed by atoms with van der Waals surface area (Å²) in [7, 11) is 3.35. The predicted molar refractivity (Wildman–Crippen MR) is 146 cm³/mol. The monoisotopic (exact) mass is 522 g/mol. The number of likely N-dealkylation sites (N-methyl/N-ethyl adjacent to an activating group) is 1. The Morgan fingerprint density at radius 2 is 1.76 bits per heavy atom. The van der Waals surface area contributed by atoms with Crippen LogP contribution in [0.3, 0.4) is 0 Å². The minimum Gasteiger partial charge on any atom is -0.483 e. The smallest absolute Gasteiger partial charge is 0.247 e. The van der Waals surface area contributed by atoms with Gasteiger partial charge in [-0.2, -0.15) is 0 Å². The molecule has 0 radical (unpaired) electrons. The molecule has 0 saturated carbocycles. The maximum absolute atomic E-state index is 13.9. The summed E-state index contributed by atoms with van der Waals surface area (Å²) >= 11 is 0. The van der Waals surface area contributed by atoms with E-state index in [2.05, 4.69) is 16.0 Å². The third kappa shape index (κ3) is 7.66. The molecule has 0 saturated heterocycles. The number of aliphatic hydroxyl groups is 1. The molecule has 5 atom stereocenters. The van der Waals surface area contributed by atoms with Crippen molar-refractivity contribution < 1.29 is 24.2 Å². The molecule has 2 bridgehead atoms. The van der Waals surface area contributed by atoms with Gasteiger partial charge in [-0.1, -0.05) is 56.3 Å². The van der Waals surface area contributed by atoms with Crippen LogP contribution in [0, 0.1) is 5.92 Å². The van der Waals surface area contributed by atoms with E-state index in [0.717, 1.165) is 5.56 Å². The van der Waals surface area contributed by atoms with Crippen LogP contribution < -0.4 is 20.7 Å². The second-order valence-corrected chi connectivity index (χ2v) is 10.2. The molecule has 38 heavy (non-hydrogen) atoms. The van der Waals surface area contributed by atoms with Gasteiger partial charge in [0.15, 0.2) is 6.10 Å². The molecule has 3 amide bonds. The van der Waals surface area contributed by atoms with Gasteiger partial charge in [0.2, 0.25) is 17.7 Å². The summed E-state index contributed by atoms with van der Waals surface area (Å²) < 4.78 is 6.39. The number of hydrogen-bond acceptors (Lipinski definition) is 6. The number of carbonyl (C=O) groups is 3. The number of aliphatic hydroxyl groups excluding tert-OH is 1. The van der Waals surface area contributed by atoms with Gasteiger partial charge >= 0.3 is 0 Å². The number of hydrogen-bond donors (Lipinski definition) is 4. The molecule has 9 heteroatoms. The normalized spacial score (nSPS) is 21.7. The highest BCUT2D eigenvalue weighted by molar-refractivity contribution is 5.94. The van der Waals surface area contributed by atoms with Crippen molar-refractivity contribution in [1.82, 2.24) is 20.9 Å². The highest BCUT2D eigenvalue weighted by Crippen LogP contribution is 2.27. The van der Waals surface area contributed by atoms with Crippen molar-refractivity contribution in [2.24, 2.45) is 5.92 Å². The van der Waals surface area contributed by atoms with Crippen LogP contribution in [0.4, 0.5) is 0 Å². The van der Waals surface area contributed by atoms with Gasteiger partial charge in [-0.3, -0.25) is 19.3 Å². The molecule has 0 spiro atoms. The van der Waals surface area contributed by atoms with Crippen molar-refractivity contribution in [3.63, 3.8) is 0 Å². The van der Waals surface area contributed by atoms with Crippen molar-refractivity contribution in [1.29, 1.82) is 0 Å². The molecule has 2 aromatic carbocycles. The Bertz CT molecular complexity index is 1120. The number of benzene rings is 2. The summed E-state index contributed by atoms with van der Waals surface area (Å²) in [5, 5.41) is 18.7. The summed E-state index contributed by atoms with van der Waals surface area (Å²) in [5.74, 6) is -0.883. The highest BCUT2D eigenvalue weighted by atomic mass is 16.5. The van der Waals surface area contributed by atoms with Crippen LogP contribution in [0.25, 0.3) is 6.08 Å². The van der Waals surface area contributed by atoms with Gasteiger partial charge in [0, 0.05) is 6.20 Å². The van der Waals surface area contributed by atoms with Crippen LogP contribution in [0.15, 0.2) is 60.8 Å². The zero-order valence-corrected chi connectivity index (χ0v) is 22.5. The lowest BCUT2D eigenvalue weighted by molar-refractivity contribution is -0.137. The molecule has 9 nitrogen and oxygen atoms in total. The predicted octanol–water partition coefficient (Wildman–Crippen LogP) is 2.23. The van der Waals surface area contributed by atoms with Gasteiger partial charge in [-0.15, -0.1) is 0 Å². The van der Waals surface area contributed by atoms with Gasteiger partial charge in [0.05, 0.1) is 6.10 Å². The number of carbonyl (C=O) groups excluding carboxylic acids is 3. The van der Waals surface area contributed by atoms with Crippen molar-refractivity contribution in [2.45, 2.75) is 57.5 Å². The van der Waals surface area contributed by atoms with Gasteiger partial charge in [-0.05, 0) is 62.7 Å². The SMILES string of the molecule is CC(C)C[C@H]1NC(=O)[C@@H](NC(=O)[C@H]([C@H](C)O)N(C)C)[C@H](c2ccccc2)Oc2cccc(c2)C=CNC1=O. The quantitative estimate of drug-likeness (QED) is 0.443. The second-order valence-electron chi connectivity index (χ2n) is 10.2. The summed E-state index contributed by atoms with van der Waals surface area (Å²) in [5.41, 5.74) is 1.45. The lowest BCUT2D eigenvalue weighted by atomic mass is 9.98. The Labute approximate surface area is 224 Å². The van der Waals surface area contributed by atoms with Gasteiger partial charge in [-0.25, -0.2) is 0 Å². The van der Waals surface area contributed by atoms with Crippen LogP contribution in [-0.4, -0.2) is 66.1 Å². The van der Waals surface area contributed by atoms with E-state index >= 15 is 0 Å². The molecule has 4 N–H and O–H groups in total. The molecule has 0 fully saturated rings. The number of nitrogens with one attached hydrogen (secondary N) is 3.